The van der Waals surface area contributed by atoms with Crippen molar-refractivity contribution in [1.82, 2.24) is 14.5 Å². The predicted octanol–water partition coefficient (Wildman–Crippen LogP) is 6.13. The molecule has 4 nitrogen and oxygen atoms in total. The second-order valence-corrected chi connectivity index (χ2v) is 14.2. The fourth-order valence-electron chi connectivity index (χ4n) is 5.07. The van der Waals surface area contributed by atoms with E-state index in [4.69, 9.17) is 9.97 Å². The summed E-state index contributed by atoms with van der Waals surface area (Å²) in [5, 5.41) is 15.3. The molecule has 0 unspecified atom stereocenters. The van der Waals surface area contributed by atoms with Crippen molar-refractivity contribution in [2.45, 2.75) is 26.4 Å². The van der Waals surface area contributed by atoms with Crippen LogP contribution in [0.1, 0.15) is 12.5 Å². The van der Waals surface area contributed by atoms with Crippen LogP contribution in [0.3, 0.4) is 0 Å². The van der Waals surface area contributed by atoms with E-state index in [9.17, 15) is 5.11 Å². The third kappa shape index (κ3) is 4.40. The topological polar surface area (TPSA) is 50.9 Å². The minimum absolute atomic E-state index is 0. The van der Waals surface area contributed by atoms with Crippen molar-refractivity contribution in [3.8, 4) is 22.7 Å². The molecule has 3 heterocycles. The molecule has 0 radical (unpaired) electrons. The summed E-state index contributed by atoms with van der Waals surface area (Å²) in [4.78, 5) is 9.89. The Morgan fingerprint density at radius 1 is 0.868 bits per heavy atom. The molecule has 0 spiro atoms. The second-order valence-electron chi connectivity index (χ2n) is 9.92. The van der Waals surface area contributed by atoms with Crippen molar-refractivity contribution in [2.24, 2.45) is 0 Å². The molecule has 6 aromatic rings. The molecule has 6 heteroatoms. The summed E-state index contributed by atoms with van der Waals surface area (Å²) in [7, 11) is -2.05. The van der Waals surface area contributed by atoms with Gasteiger partial charge in [0.25, 0.3) is 0 Å². The van der Waals surface area contributed by atoms with Crippen molar-refractivity contribution in [3.63, 3.8) is 0 Å². The molecular formula is C32H28N3OPtSi-. The summed E-state index contributed by atoms with van der Waals surface area (Å²) < 4.78 is 2.06. The van der Waals surface area contributed by atoms with E-state index in [-0.39, 0.29) is 26.8 Å². The number of nitrogens with zero attached hydrogens (tertiary/aromatic N) is 3. The number of hydrogen-bond acceptors (Lipinski definition) is 3. The number of para-hydroxylation sites is 3. The summed E-state index contributed by atoms with van der Waals surface area (Å²) in [6, 6.07) is 34.3. The molecule has 192 valence electrons. The Morgan fingerprint density at radius 2 is 1.63 bits per heavy atom. The molecule has 38 heavy (non-hydrogen) atoms. The van der Waals surface area contributed by atoms with Crippen LogP contribution in [0, 0.1) is 6.07 Å². The zero-order valence-corrected chi connectivity index (χ0v) is 24.8. The first kappa shape index (κ1) is 26.1. The number of rotatable bonds is 5. The molecule has 0 atom stereocenters. The van der Waals surface area contributed by atoms with Gasteiger partial charge in [0.2, 0.25) is 0 Å². The van der Waals surface area contributed by atoms with Gasteiger partial charge in [-0.2, -0.15) is 0 Å². The van der Waals surface area contributed by atoms with Crippen molar-refractivity contribution in [1.29, 1.82) is 0 Å². The number of phenols is 1. The first-order valence-corrected chi connectivity index (χ1v) is 15.6. The van der Waals surface area contributed by atoms with Crippen LogP contribution in [0.5, 0.6) is 5.75 Å². The quantitative estimate of drug-likeness (QED) is 0.175. The molecule has 1 N–H and O–H groups in total. The first-order valence-electron chi connectivity index (χ1n) is 12.6. The summed E-state index contributed by atoms with van der Waals surface area (Å²) in [5.74, 6) is 0.224. The van der Waals surface area contributed by atoms with Crippen LogP contribution in [-0.2, 0) is 27.5 Å². The maximum atomic E-state index is 10.7. The molecule has 0 aliphatic heterocycles. The van der Waals surface area contributed by atoms with Gasteiger partial charge in [-0.15, -0.1) is 34.5 Å². The average molecular weight is 694 g/mol. The fraction of sp³-hybridized carbons (Fsp3) is 0.125. The van der Waals surface area contributed by atoms with E-state index >= 15 is 0 Å². The molecule has 0 fully saturated rings. The van der Waals surface area contributed by atoms with Crippen LogP contribution < -0.4 is 10.5 Å². The molecule has 0 bridgehead atoms. The van der Waals surface area contributed by atoms with E-state index in [0.717, 1.165) is 44.9 Å². The normalized spacial score (nSPS) is 11.6. The van der Waals surface area contributed by atoms with E-state index < -0.39 is 8.07 Å². The number of phenolic OH excluding ortho intramolecular Hbond substituents is 1. The Hall–Kier alpha value is -3.53. The SMILES string of the molecule is CCc1cc(-c2ccc3c4ccccc4n(-c4ccccc4O)c3n2)[c-]c([Si](C)(C)c2ccccn2)c1.[Pt]. The van der Waals surface area contributed by atoms with Gasteiger partial charge < -0.3 is 5.11 Å². The van der Waals surface area contributed by atoms with Gasteiger partial charge in [0, 0.05) is 43.4 Å². The van der Waals surface area contributed by atoms with Crippen molar-refractivity contribution in [2.75, 3.05) is 0 Å². The number of aromatic nitrogens is 3. The number of aryl methyl sites for hydroxylation is 1. The maximum Gasteiger partial charge on any atom is 0.139 e. The molecule has 0 saturated heterocycles. The van der Waals surface area contributed by atoms with Crippen LogP contribution in [0.25, 0.3) is 38.9 Å². The predicted molar refractivity (Wildman–Crippen MR) is 155 cm³/mol. The van der Waals surface area contributed by atoms with Crippen LogP contribution in [0.15, 0.2) is 97.2 Å². The molecule has 0 aliphatic carbocycles. The smallest absolute Gasteiger partial charge is 0.139 e. The van der Waals surface area contributed by atoms with Gasteiger partial charge in [-0.05, 0) is 42.4 Å². The Labute approximate surface area is 238 Å². The minimum atomic E-state index is -2.05. The Bertz CT molecular complexity index is 1760. The number of aromatic hydroxyl groups is 1. The molecule has 3 aromatic heterocycles. The average Bonchev–Trinajstić information content (AvgIpc) is 3.27. The zero-order chi connectivity index (χ0) is 25.6. The van der Waals surface area contributed by atoms with E-state index in [2.05, 4.69) is 79.2 Å². The van der Waals surface area contributed by atoms with Gasteiger partial charge in [-0.25, -0.2) is 0 Å². The standard InChI is InChI=1S/C32H28N3OSi.Pt/c1-4-22-19-23(21-24(20-22)37(2,3)31-15-9-10-18-33-31)27-17-16-26-25-11-5-6-12-28(25)35(32(26)34-27)29-13-7-8-14-30(29)36;/h5-20,36H,4H2,1-3H3;/q-1;. The molecule has 3 aromatic carbocycles. The van der Waals surface area contributed by atoms with E-state index in [1.165, 1.54) is 10.8 Å². The number of fused-ring (bicyclic) bond motifs is 3. The van der Waals surface area contributed by atoms with Gasteiger partial charge in [0.1, 0.15) is 19.5 Å². The van der Waals surface area contributed by atoms with Crippen LogP contribution in [0.4, 0.5) is 0 Å². The van der Waals surface area contributed by atoms with Gasteiger partial charge in [0.15, 0.2) is 0 Å². The monoisotopic (exact) mass is 693 g/mol. The van der Waals surface area contributed by atoms with E-state index in [0.29, 0.717) is 5.69 Å². The molecule has 0 saturated carbocycles. The molecule has 0 aliphatic rings. The summed E-state index contributed by atoms with van der Waals surface area (Å²) in [5.41, 5.74) is 5.67. The van der Waals surface area contributed by atoms with Crippen molar-refractivity contribution in [3.05, 3.63) is 109 Å². The van der Waals surface area contributed by atoms with Crippen molar-refractivity contribution >= 4 is 40.5 Å². The van der Waals surface area contributed by atoms with Gasteiger partial charge in [0.05, 0.1) is 11.2 Å². The van der Waals surface area contributed by atoms with Gasteiger partial charge in [-0.3, -0.25) is 14.5 Å². The Kier molecular flexibility index (Phi) is 7.08. The minimum Gasteiger partial charge on any atom is -0.506 e. The van der Waals surface area contributed by atoms with Gasteiger partial charge >= 0.3 is 0 Å². The largest absolute Gasteiger partial charge is 0.506 e. The molecule has 0 amide bonds. The summed E-state index contributed by atoms with van der Waals surface area (Å²) in [6.45, 7) is 6.85. The summed E-state index contributed by atoms with van der Waals surface area (Å²) in [6.07, 6.45) is 2.81. The Morgan fingerprint density at radius 3 is 2.39 bits per heavy atom. The number of benzene rings is 3. The van der Waals surface area contributed by atoms with E-state index in [1.807, 2.05) is 42.6 Å². The third-order valence-electron chi connectivity index (χ3n) is 7.24. The van der Waals surface area contributed by atoms with Crippen molar-refractivity contribution < 1.29 is 26.2 Å². The number of hydrogen-bond donors (Lipinski definition) is 1. The molecule has 6 rings (SSSR count). The number of pyridine rings is 2. The van der Waals surface area contributed by atoms with E-state index in [1.54, 1.807) is 6.07 Å². The Balaban J connectivity index is 0.00000294. The first-order chi connectivity index (χ1) is 18.0. The maximum absolute atomic E-state index is 10.7. The fourth-order valence-corrected chi connectivity index (χ4v) is 7.25. The second kappa shape index (κ2) is 10.3. The van der Waals surface area contributed by atoms with Crippen LogP contribution in [-0.4, -0.2) is 27.7 Å². The third-order valence-corrected chi connectivity index (χ3v) is 10.4. The zero-order valence-electron chi connectivity index (χ0n) is 21.5. The summed E-state index contributed by atoms with van der Waals surface area (Å²) >= 11 is 0. The molecular weight excluding hydrogens is 666 g/mol. The van der Waals surface area contributed by atoms with Crippen LogP contribution in [0.2, 0.25) is 13.1 Å². The van der Waals surface area contributed by atoms with Crippen LogP contribution >= 0.6 is 0 Å². The van der Waals surface area contributed by atoms with Gasteiger partial charge in [-0.1, -0.05) is 68.5 Å².